The standard InChI is InChI=1S/C52H62Cl2N4O2/c1-33(19-15-21-35(3)23-25-41-39(7)47(59)45(29-51(41,9)10)57-43-27-37(5)31-55-49(43)53)17-13-14-18-34(2)20-16-22-36(4)24-26-42-40(8)48(60)46(30-52(42,11)12)58-44-28-38(6)32-56-50(44)54/h13-28,31-32,45-46,57-58H,29-30H2,1-12H3. The van der Waals surface area contributed by atoms with Crippen molar-refractivity contribution in [3.63, 3.8) is 0 Å². The van der Waals surface area contributed by atoms with E-state index in [0.29, 0.717) is 34.5 Å². The smallest absolute Gasteiger partial charge is 0.181 e. The van der Waals surface area contributed by atoms with Gasteiger partial charge in [0, 0.05) is 12.4 Å². The fourth-order valence-corrected chi connectivity index (χ4v) is 7.93. The number of halogens is 2. The van der Waals surface area contributed by atoms with Gasteiger partial charge in [-0.25, -0.2) is 9.97 Å². The van der Waals surface area contributed by atoms with Gasteiger partial charge < -0.3 is 10.6 Å². The lowest BCUT2D eigenvalue weighted by Crippen LogP contribution is -2.40. The van der Waals surface area contributed by atoms with Gasteiger partial charge in [0.2, 0.25) is 0 Å². The van der Waals surface area contributed by atoms with E-state index >= 15 is 0 Å². The largest absolute Gasteiger partial charge is 0.372 e. The first kappa shape index (κ1) is 47.6. The molecule has 316 valence electrons. The van der Waals surface area contributed by atoms with E-state index in [1.54, 1.807) is 12.4 Å². The van der Waals surface area contributed by atoms with Crippen LogP contribution in [0.15, 0.2) is 154 Å². The summed E-state index contributed by atoms with van der Waals surface area (Å²) in [5, 5.41) is 7.45. The second-order valence-corrected chi connectivity index (χ2v) is 18.2. The van der Waals surface area contributed by atoms with E-state index in [-0.39, 0.29) is 34.5 Å². The van der Waals surface area contributed by atoms with Crippen LogP contribution < -0.4 is 10.6 Å². The molecule has 2 N–H and O–H groups in total. The Bertz CT molecular complexity index is 2160. The van der Waals surface area contributed by atoms with Crippen molar-refractivity contribution in [2.24, 2.45) is 10.8 Å². The molecule has 8 heteroatoms. The van der Waals surface area contributed by atoms with E-state index in [1.807, 2.05) is 64.1 Å². The molecule has 0 aliphatic heterocycles. The predicted molar refractivity (Wildman–Crippen MR) is 256 cm³/mol. The Morgan fingerprint density at radius 2 is 0.917 bits per heavy atom. The van der Waals surface area contributed by atoms with E-state index in [0.717, 1.165) is 55.7 Å². The van der Waals surface area contributed by atoms with Crippen LogP contribution in [-0.4, -0.2) is 33.6 Å². The first-order valence-electron chi connectivity index (χ1n) is 20.5. The summed E-state index contributed by atoms with van der Waals surface area (Å²) in [6.07, 6.45) is 33.7. The quantitative estimate of drug-likeness (QED) is 0.146. The SMILES string of the molecule is CC(C=CC=C(C)C=CC1=C(C)C(=O)C(Nc2cc(C)cnc2Cl)CC1(C)C)=CC=CC=C(C)C=CC=C(C)C=CC1=C(C)C(=O)C(Nc2cc(C)cnc2Cl)CC1(C)C. The summed E-state index contributed by atoms with van der Waals surface area (Å²) in [5.74, 6) is 0.163. The van der Waals surface area contributed by atoms with Gasteiger partial charge in [0.25, 0.3) is 0 Å². The van der Waals surface area contributed by atoms with Crippen LogP contribution in [0.2, 0.25) is 10.3 Å². The van der Waals surface area contributed by atoms with Crippen molar-refractivity contribution in [3.05, 3.63) is 176 Å². The number of aryl methyl sites for hydroxylation is 2. The van der Waals surface area contributed by atoms with Crippen molar-refractivity contribution in [2.75, 3.05) is 10.6 Å². The highest BCUT2D eigenvalue weighted by molar-refractivity contribution is 6.32. The number of rotatable bonds is 14. The van der Waals surface area contributed by atoms with Gasteiger partial charge in [-0.3, -0.25) is 9.59 Å². The van der Waals surface area contributed by atoms with Crippen molar-refractivity contribution in [3.8, 4) is 0 Å². The Labute approximate surface area is 369 Å². The number of hydrogen-bond acceptors (Lipinski definition) is 6. The molecule has 2 aliphatic carbocycles. The first-order chi connectivity index (χ1) is 28.2. The molecule has 6 nitrogen and oxygen atoms in total. The lowest BCUT2D eigenvalue weighted by molar-refractivity contribution is -0.118. The Kier molecular flexibility index (Phi) is 16.6. The second kappa shape index (κ2) is 21.0. The Morgan fingerprint density at radius 3 is 1.28 bits per heavy atom. The number of hydrogen-bond donors (Lipinski definition) is 2. The third kappa shape index (κ3) is 13.2. The van der Waals surface area contributed by atoms with Gasteiger partial charge in [-0.15, -0.1) is 0 Å². The summed E-state index contributed by atoms with van der Waals surface area (Å²) in [7, 11) is 0. The lowest BCUT2D eigenvalue weighted by Gasteiger charge is -2.37. The number of ketones is 2. The molecule has 4 rings (SSSR count). The van der Waals surface area contributed by atoms with Crippen molar-refractivity contribution in [1.82, 2.24) is 9.97 Å². The van der Waals surface area contributed by atoms with Crippen LogP contribution in [0.3, 0.4) is 0 Å². The third-order valence-electron chi connectivity index (χ3n) is 11.0. The van der Waals surface area contributed by atoms with Crippen LogP contribution in [0, 0.1) is 24.7 Å². The Balaban J connectivity index is 1.30. The normalized spacial score (nSPS) is 21.0. The number of nitrogens with zero attached hydrogens (tertiary/aromatic N) is 2. The van der Waals surface area contributed by atoms with E-state index in [4.69, 9.17) is 23.2 Å². The molecule has 2 aliphatic rings. The van der Waals surface area contributed by atoms with Gasteiger partial charge in [-0.2, -0.15) is 0 Å². The number of anilines is 2. The van der Waals surface area contributed by atoms with Gasteiger partial charge in [0.05, 0.1) is 23.5 Å². The predicted octanol–water partition coefficient (Wildman–Crippen LogP) is 13.9. The molecule has 60 heavy (non-hydrogen) atoms. The molecule has 0 radical (unpaired) electrons. The highest BCUT2D eigenvalue weighted by Crippen LogP contribution is 2.42. The molecule has 2 heterocycles. The molecule has 2 atom stereocenters. The minimum atomic E-state index is -0.363. The highest BCUT2D eigenvalue weighted by atomic mass is 35.5. The van der Waals surface area contributed by atoms with Crippen LogP contribution in [0.4, 0.5) is 11.4 Å². The van der Waals surface area contributed by atoms with E-state index in [1.165, 1.54) is 0 Å². The summed E-state index contributed by atoms with van der Waals surface area (Å²) in [5.41, 5.74) is 11.0. The van der Waals surface area contributed by atoms with Crippen LogP contribution in [0.5, 0.6) is 0 Å². The molecular weight excluding hydrogens is 784 g/mol. The molecular formula is C52H62Cl2N4O2. The summed E-state index contributed by atoms with van der Waals surface area (Å²) >= 11 is 12.6. The van der Waals surface area contributed by atoms with Gasteiger partial charge in [0.1, 0.15) is 0 Å². The molecule has 0 saturated carbocycles. The summed E-state index contributed by atoms with van der Waals surface area (Å²) < 4.78 is 0. The zero-order valence-electron chi connectivity index (χ0n) is 37.4. The maximum Gasteiger partial charge on any atom is 0.181 e. The van der Waals surface area contributed by atoms with Crippen LogP contribution in [0.25, 0.3) is 0 Å². The highest BCUT2D eigenvalue weighted by Gasteiger charge is 2.39. The number of nitrogens with one attached hydrogen (secondary N) is 2. The second-order valence-electron chi connectivity index (χ2n) is 17.5. The van der Waals surface area contributed by atoms with Gasteiger partial charge in [-0.05, 0) is 125 Å². The third-order valence-corrected chi connectivity index (χ3v) is 11.6. The van der Waals surface area contributed by atoms with Crippen molar-refractivity contribution in [2.45, 2.75) is 108 Å². The zero-order valence-corrected chi connectivity index (χ0v) is 38.9. The lowest BCUT2D eigenvalue weighted by atomic mass is 9.70. The number of pyridine rings is 2. The monoisotopic (exact) mass is 844 g/mol. The average Bonchev–Trinajstić information content (AvgIpc) is 3.16. The maximum absolute atomic E-state index is 13.4. The molecule has 0 bridgehead atoms. The van der Waals surface area contributed by atoms with Crippen molar-refractivity contribution >= 4 is 46.1 Å². The summed E-state index contributed by atoms with van der Waals surface area (Å²) in [6, 6.07) is 3.13. The van der Waals surface area contributed by atoms with Crippen LogP contribution in [-0.2, 0) is 9.59 Å². The molecule has 0 amide bonds. The minimum absolute atomic E-state index is 0.0817. The number of carbonyl (C=O) groups excluding carboxylic acids is 2. The first-order valence-corrected chi connectivity index (χ1v) is 21.3. The topological polar surface area (TPSA) is 84.0 Å². The van der Waals surface area contributed by atoms with Gasteiger partial charge in [0.15, 0.2) is 21.9 Å². The van der Waals surface area contributed by atoms with Crippen LogP contribution in [0.1, 0.15) is 93.2 Å². The number of carbonyl (C=O) groups is 2. The number of Topliss-reactive ketones (excluding diaryl/α,β-unsaturated/α-hetero) is 2. The molecule has 0 fully saturated rings. The van der Waals surface area contributed by atoms with Gasteiger partial charge in [-0.1, -0.05) is 158 Å². The maximum atomic E-state index is 13.4. The molecule has 0 spiro atoms. The summed E-state index contributed by atoms with van der Waals surface area (Å²) in [4.78, 5) is 35.3. The molecule has 0 saturated heterocycles. The minimum Gasteiger partial charge on any atom is -0.372 e. The van der Waals surface area contributed by atoms with E-state index in [2.05, 4.69) is 137 Å². The number of aromatic nitrogens is 2. The Hall–Kier alpha value is -5.04. The number of allylic oxidation sites excluding steroid dienone is 20. The fraction of sp³-hybridized carbons (Fsp3) is 0.346. The van der Waals surface area contributed by atoms with E-state index in [9.17, 15) is 9.59 Å². The van der Waals surface area contributed by atoms with Crippen molar-refractivity contribution in [1.29, 1.82) is 0 Å². The van der Waals surface area contributed by atoms with Crippen molar-refractivity contribution < 1.29 is 9.59 Å². The van der Waals surface area contributed by atoms with Crippen LogP contribution >= 0.6 is 23.2 Å². The fourth-order valence-electron chi connectivity index (χ4n) is 7.62. The van der Waals surface area contributed by atoms with E-state index < -0.39 is 0 Å². The average molecular weight is 846 g/mol. The molecule has 0 aromatic carbocycles. The zero-order chi connectivity index (χ0) is 44.4. The summed E-state index contributed by atoms with van der Waals surface area (Å²) in [6.45, 7) is 24.7. The molecule has 2 aromatic rings. The Morgan fingerprint density at radius 1 is 0.583 bits per heavy atom. The molecule has 2 aromatic heterocycles. The van der Waals surface area contributed by atoms with Gasteiger partial charge >= 0.3 is 0 Å². The molecule has 2 unspecified atom stereocenters.